The normalized spacial score (nSPS) is 21.7. The van der Waals surface area contributed by atoms with E-state index in [4.69, 9.17) is 18.0 Å². The molecule has 4 nitrogen and oxygen atoms in total. The number of β-amino-alcohol motifs (C(OH)–C–C–N with tert-alkyl or cyclic N) is 1. The van der Waals surface area contributed by atoms with Gasteiger partial charge in [-0.05, 0) is 24.9 Å². The van der Waals surface area contributed by atoms with Crippen LogP contribution >= 0.6 is 12.2 Å². The lowest BCUT2D eigenvalue weighted by Gasteiger charge is -2.30. The van der Waals surface area contributed by atoms with Crippen molar-refractivity contribution in [2.45, 2.75) is 37.8 Å². The number of nitrogens with two attached hydrogens (primary N) is 1. The van der Waals surface area contributed by atoms with Crippen molar-refractivity contribution in [1.82, 2.24) is 4.90 Å². The number of rotatable bonds is 5. The Morgan fingerprint density at radius 1 is 1.29 bits per heavy atom. The first kappa shape index (κ1) is 16.4. The topological polar surface area (TPSA) is 69.7 Å². The van der Waals surface area contributed by atoms with E-state index in [0.717, 1.165) is 36.9 Å². The van der Waals surface area contributed by atoms with E-state index in [0.29, 0.717) is 11.5 Å². The number of benzene rings is 1. The number of thiocarbonyl (C=S) groups is 1. The van der Waals surface area contributed by atoms with Gasteiger partial charge in [0.2, 0.25) is 0 Å². The van der Waals surface area contributed by atoms with Gasteiger partial charge in [-0.25, -0.2) is 0 Å². The van der Waals surface area contributed by atoms with Crippen molar-refractivity contribution >= 4 is 17.2 Å². The minimum atomic E-state index is -0.558. The van der Waals surface area contributed by atoms with E-state index in [1.54, 1.807) is 0 Å². The van der Waals surface area contributed by atoms with Crippen LogP contribution in [-0.4, -0.2) is 45.8 Å². The molecule has 1 fully saturated rings. The third kappa shape index (κ3) is 4.48. The van der Waals surface area contributed by atoms with Crippen molar-refractivity contribution in [3.8, 4) is 0 Å². The molecule has 5 heteroatoms. The fourth-order valence-corrected chi connectivity index (χ4v) is 3.02. The zero-order valence-corrected chi connectivity index (χ0v) is 13.1. The second-order valence-corrected chi connectivity index (χ2v) is 6.12. The summed E-state index contributed by atoms with van der Waals surface area (Å²) in [6.07, 6.45) is 3.93. The molecule has 2 rings (SSSR count). The molecular formula is C16H24N2O2S. The molecular weight excluding hydrogens is 284 g/mol. The highest BCUT2D eigenvalue weighted by atomic mass is 32.1. The monoisotopic (exact) mass is 308 g/mol. The van der Waals surface area contributed by atoms with Crippen molar-refractivity contribution < 1.29 is 10.2 Å². The van der Waals surface area contributed by atoms with Crippen LogP contribution in [0.3, 0.4) is 0 Å². The molecule has 0 saturated carbocycles. The summed E-state index contributed by atoms with van der Waals surface area (Å²) >= 11 is 4.93. The van der Waals surface area contributed by atoms with Crippen molar-refractivity contribution in [3.63, 3.8) is 0 Å². The Labute approximate surface area is 131 Å². The van der Waals surface area contributed by atoms with Crippen LogP contribution in [0.2, 0.25) is 0 Å². The number of aliphatic hydroxyl groups is 2. The summed E-state index contributed by atoms with van der Waals surface area (Å²) in [6.45, 7) is 1.65. The predicted molar refractivity (Wildman–Crippen MR) is 88.2 cm³/mol. The van der Waals surface area contributed by atoms with E-state index in [2.05, 4.69) is 4.90 Å². The molecule has 2 atom stereocenters. The maximum absolute atomic E-state index is 10.4. The lowest BCUT2D eigenvalue weighted by molar-refractivity contribution is 0.0636. The van der Waals surface area contributed by atoms with Gasteiger partial charge in [0, 0.05) is 18.2 Å². The second-order valence-electron chi connectivity index (χ2n) is 5.68. The number of likely N-dealkylation sites (tertiary alicyclic amines) is 1. The average molecular weight is 308 g/mol. The largest absolute Gasteiger partial charge is 0.395 e. The molecule has 1 saturated heterocycles. The van der Waals surface area contributed by atoms with E-state index < -0.39 is 6.10 Å². The molecule has 1 aliphatic rings. The molecule has 2 unspecified atom stereocenters. The van der Waals surface area contributed by atoms with Crippen molar-refractivity contribution in [1.29, 1.82) is 0 Å². The van der Waals surface area contributed by atoms with Gasteiger partial charge in [-0.15, -0.1) is 0 Å². The van der Waals surface area contributed by atoms with E-state index in [-0.39, 0.29) is 12.6 Å². The molecule has 0 aromatic heterocycles. The fraction of sp³-hybridized carbons (Fsp3) is 0.562. The third-order valence-corrected chi connectivity index (χ3v) is 4.43. The van der Waals surface area contributed by atoms with Crippen LogP contribution in [0.15, 0.2) is 24.3 Å². The third-order valence-electron chi connectivity index (χ3n) is 4.20. The molecule has 0 bridgehead atoms. The van der Waals surface area contributed by atoms with E-state index in [1.807, 2.05) is 24.3 Å². The van der Waals surface area contributed by atoms with Gasteiger partial charge in [0.05, 0.1) is 12.7 Å². The van der Waals surface area contributed by atoms with Gasteiger partial charge in [0.15, 0.2) is 0 Å². The lowest BCUT2D eigenvalue weighted by Crippen LogP contribution is -2.40. The van der Waals surface area contributed by atoms with Crippen LogP contribution in [0, 0.1) is 0 Å². The fourth-order valence-electron chi connectivity index (χ4n) is 2.88. The first-order valence-electron chi connectivity index (χ1n) is 7.54. The molecule has 1 aliphatic heterocycles. The second kappa shape index (κ2) is 7.84. The van der Waals surface area contributed by atoms with Gasteiger partial charge in [-0.1, -0.05) is 49.3 Å². The highest BCUT2D eigenvalue weighted by Gasteiger charge is 2.23. The summed E-state index contributed by atoms with van der Waals surface area (Å²) in [6, 6.07) is 7.58. The number of hydrogen-bond acceptors (Lipinski definition) is 4. The molecule has 0 amide bonds. The van der Waals surface area contributed by atoms with Gasteiger partial charge in [-0.3, -0.25) is 4.90 Å². The molecule has 1 aromatic rings. The zero-order chi connectivity index (χ0) is 15.2. The van der Waals surface area contributed by atoms with Crippen LogP contribution < -0.4 is 5.73 Å². The molecule has 0 spiro atoms. The Morgan fingerprint density at radius 2 is 2.00 bits per heavy atom. The summed E-state index contributed by atoms with van der Waals surface area (Å²) in [5.74, 6) is 0. The Balaban J connectivity index is 2.01. The van der Waals surface area contributed by atoms with E-state index >= 15 is 0 Å². The summed E-state index contributed by atoms with van der Waals surface area (Å²) < 4.78 is 0. The van der Waals surface area contributed by atoms with Crippen LogP contribution in [0.1, 0.15) is 42.9 Å². The van der Waals surface area contributed by atoms with Crippen molar-refractivity contribution in [2.24, 2.45) is 5.73 Å². The number of aliphatic hydroxyl groups excluding tert-OH is 2. The molecule has 1 aromatic carbocycles. The SMILES string of the molecule is NC(=S)c1ccc(C(O)CN2CCCCCC2CO)cc1. The summed E-state index contributed by atoms with van der Waals surface area (Å²) in [4.78, 5) is 2.57. The Bertz CT molecular complexity index is 464. The lowest BCUT2D eigenvalue weighted by atomic mass is 10.1. The van der Waals surface area contributed by atoms with Crippen LogP contribution in [-0.2, 0) is 0 Å². The van der Waals surface area contributed by atoms with Gasteiger partial charge in [0.25, 0.3) is 0 Å². The summed E-state index contributed by atoms with van der Waals surface area (Å²) in [5.41, 5.74) is 7.24. The zero-order valence-electron chi connectivity index (χ0n) is 12.2. The highest BCUT2D eigenvalue weighted by Crippen LogP contribution is 2.21. The van der Waals surface area contributed by atoms with Gasteiger partial charge in [0.1, 0.15) is 4.99 Å². The standard InChI is InChI=1S/C16H24N2O2S/c17-16(21)13-7-5-12(6-8-13)15(20)10-18-9-3-1-2-4-14(18)11-19/h5-8,14-15,19-20H,1-4,9-11H2,(H2,17,21). The van der Waals surface area contributed by atoms with E-state index in [1.165, 1.54) is 6.42 Å². The molecule has 21 heavy (non-hydrogen) atoms. The average Bonchev–Trinajstić information content (AvgIpc) is 2.72. The minimum absolute atomic E-state index is 0.160. The summed E-state index contributed by atoms with van der Waals surface area (Å²) in [7, 11) is 0. The van der Waals surface area contributed by atoms with Gasteiger partial charge >= 0.3 is 0 Å². The highest BCUT2D eigenvalue weighted by molar-refractivity contribution is 7.80. The quantitative estimate of drug-likeness (QED) is 0.721. The van der Waals surface area contributed by atoms with E-state index in [9.17, 15) is 10.2 Å². The van der Waals surface area contributed by atoms with Crippen LogP contribution in [0.5, 0.6) is 0 Å². The molecule has 116 valence electrons. The number of hydrogen-bond donors (Lipinski definition) is 3. The molecule has 4 N–H and O–H groups in total. The Hall–Kier alpha value is -1.01. The molecule has 0 radical (unpaired) electrons. The van der Waals surface area contributed by atoms with Gasteiger partial charge in [-0.2, -0.15) is 0 Å². The number of nitrogens with zero attached hydrogens (tertiary/aromatic N) is 1. The maximum atomic E-state index is 10.4. The van der Waals surface area contributed by atoms with Crippen LogP contribution in [0.25, 0.3) is 0 Å². The minimum Gasteiger partial charge on any atom is -0.395 e. The predicted octanol–water partition coefficient (Wildman–Crippen LogP) is 1.59. The maximum Gasteiger partial charge on any atom is 0.103 e. The Kier molecular flexibility index (Phi) is 6.11. The Morgan fingerprint density at radius 3 is 2.62 bits per heavy atom. The van der Waals surface area contributed by atoms with Crippen LogP contribution in [0.4, 0.5) is 0 Å². The van der Waals surface area contributed by atoms with Gasteiger partial charge < -0.3 is 15.9 Å². The molecule has 0 aliphatic carbocycles. The molecule has 1 heterocycles. The van der Waals surface area contributed by atoms with Crippen molar-refractivity contribution in [2.75, 3.05) is 19.7 Å². The first-order chi connectivity index (χ1) is 10.1. The smallest absolute Gasteiger partial charge is 0.103 e. The van der Waals surface area contributed by atoms with Crippen molar-refractivity contribution in [3.05, 3.63) is 35.4 Å². The summed E-state index contributed by atoms with van der Waals surface area (Å²) in [5, 5.41) is 19.9. The first-order valence-corrected chi connectivity index (χ1v) is 7.95.